The second-order valence-electron chi connectivity index (χ2n) is 3.58. The Morgan fingerprint density at radius 1 is 1.45 bits per heavy atom. The smallest absolute Gasteiger partial charge is 0.0115 e. The highest BCUT2D eigenvalue weighted by atomic mass is 14.6. The number of hydrogen-bond acceptors (Lipinski definition) is 1. The maximum absolute atomic E-state index is 5.90. The van der Waals surface area contributed by atoms with Crippen LogP contribution in [0.2, 0.25) is 0 Å². The van der Waals surface area contributed by atoms with Gasteiger partial charge in [-0.2, -0.15) is 0 Å². The van der Waals surface area contributed by atoms with E-state index in [-0.39, 0.29) is 0 Å². The number of nitrogens with two attached hydrogens (primary N) is 1. The summed E-state index contributed by atoms with van der Waals surface area (Å²) >= 11 is 0. The van der Waals surface area contributed by atoms with E-state index < -0.39 is 0 Å². The predicted molar refractivity (Wildman–Crippen MR) is 49.0 cm³/mol. The third-order valence-electron chi connectivity index (χ3n) is 2.47. The Kier molecular flexibility index (Phi) is 2.38. The average molecular weight is 151 g/mol. The molecule has 0 aromatic carbocycles. The normalized spacial score (nSPS) is 26.5. The predicted octanol–water partition coefficient (Wildman–Crippen LogP) is 2.60. The van der Waals surface area contributed by atoms with Crippen molar-refractivity contribution >= 4 is 0 Å². The van der Waals surface area contributed by atoms with Crippen molar-refractivity contribution in [2.45, 2.75) is 33.6 Å². The van der Waals surface area contributed by atoms with Crippen LogP contribution in [-0.4, -0.2) is 0 Å². The molecule has 0 aromatic rings. The monoisotopic (exact) mass is 151 g/mol. The highest BCUT2D eigenvalue weighted by Crippen LogP contribution is 2.24. The van der Waals surface area contributed by atoms with Gasteiger partial charge < -0.3 is 5.73 Å². The first-order valence-corrected chi connectivity index (χ1v) is 4.23. The summed E-state index contributed by atoms with van der Waals surface area (Å²) in [6, 6.07) is 0. The first-order valence-electron chi connectivity index (χ1n) is 4.23. The van der Waals surface area contributed by atoms with E-state index in [2.05, 4.69) is 26.8 Å². The van der Waals surface area contributed by atoms with E-state index in [4.69, 9.17) is 5.73 Å². The minimum Gasteiger partial charge on any atom is -0.402 e. The lowest BCUT2D eigenvalue weighted by Gasteiger charge is -2.07. The van der Waals surface area contributed by atoms with E-state index in [0.29, 0.717) is 5.92 Å². The van der Waals surface area contributed by atoms with Gasteiger partial charge in [0.15, 0.2) is 0 Å². The number of rotatable bonds is 0. The minimum atomic E-state index is 0.711. The van der Waals surface area contributed by atoms with E-state index in [1.165, 1.54) is 17.6 Å². The van der Waals surface area contributed by atoms with Gasteiger partial charge in [-0.25, -0.2) is 0 Å². The van der Waals surface area contributed by atoms with Crippen LogP contribution >= 0.6 is 0 Å². The third-order valence-corrected chi connectivity index (χ3v) is 2.47. The Balaban J connectivity index is 2.90. The van der Waals surface area contributed by atoms with Gasteiger partial charge in [-0.1, -0.05) is 18.6 Å². The molecule has 0 amide bonds. The molecule has 1 aliphatic rings. The van der Waals surface area contributed by atoms with Gasteiger partial charge in [0, 0.05) is 5.70 Å². The topological polar surface area (TPSA) is 26.0 Å². The molecule has 1 nitrogen and oxygen atoms in total. The lowest BCUT2D eigenvalue weighted by molar-refractivity contribution is 0.586. The molecule has 0 radical (unpaired) electrons. The summed E-state index contributed by atoms with van der Waals surface area (Å²) in [5.41, 5.74) is 9.61. The maximum Gasteiger partial charge on any atom is 0.0115 e. The molecule has 11 heavy (non-hydrogen) atoms. The Morgan fingerprint density at radius 2 is 2.09 bits per heavy atom. The van der Waals surface area contributed by atoms with Crippen molar-refractivity contribution in [2.24, 2.45) is 11.7 Å². The standard InChI is InChI=1S/C10H17N/c1-7-4-5-8(2)9(3)10(11)6-7/h5,7H,4,6,11H2,1-3H3. The molecule has 0 aliphatic heterocycles. The van der Waals surface area contributed by atoms with Crippen molar-refractivity contribution in [3.05, 3.63) is 22.9 Å². The SMILES string of the molecule is CC1=CCC(C)CC(N)=C1C. The quantitative estimate of drug-likeness (QED) is 0.566. The molecule has 0 saturated heterocycles. The van der Waals surface area contributed by atoms with Crippen LogP contribution < -0.4 is 5.73 Å². The molecular weight excluding hydrogens is 134 g/mol. The largest absolute Gasteiger partial charge is 0.402 e. The van der Waals surface area contributed by atoms with Crippen molar-refractivity contribution in [2.75, 3.05) is 0 Å². The maximum atomic E-state index is 5.90. The Hall–Kier alpha value is -0.720. The molecule has 1 atom stereocenters. The van der Waals surface area contributed by atoms with Crippen molar-refractivity contribution < 1.29 is 0 Å². The van der Waals surface area contributed by atoms with Crippen LogP contribution in [0.15, 0.2) is 22.9 Å². The highest BCUT2D eigenvalue weighted by Gasteiger charge is 2.09. The molecule has 1 aliphatic carbocycles. The van der Waals surface area contributed by atoms with E-state index in [1.54, 1.807) is 0 Å². The van der Waals surface area contributed by atoms with Crippen molar-refractivity contribution in [1.29, 1.82) is 0 Å². The van der Waals surface area contributed by atoms with E-state index >= 15 is 0 Å². The van der Waals surface area contributed by atoms with Crippen LogP contribution in [-0.2, 0) is 0 Å². The van der Waals surface area contributed by atoms with Gasteiger partial charge in [0.25, 0.3) is 0 Å². The third kappa shape index (κ3) is 1.86. The van der Waals surface area contributed by atoms with Gasteiger partial charge in [0.2, 0.25) is 0 Å². The molecule has 0 heterocycles. The summed E-state index contributed by atoms with van der Waals surface area (Å²) in [6.45, 7) is 6.49. The van der Waals surface area contributed by atoms with Crippen LogP contribution in [0.4, 0.5) is 0 Å². The first kappa shape index (κ1) is 8.38. The highest BCUT2D eigenvalue weighted by molar-refractivity contribution is 5.32. The molecule has 1 unspecified atom stereocenters. The summed E-state index contributed by atoms with van der Waals surface area (Å²) in [4.78, 5) is 0. The van der Waals surface area contributed by atoms with Gasteiger partial charge in [0.05, 0.1) is 0 Å². The van der Waals surface area contributed by atoms with Gasteiger partial charge in [-0.3, -0.25) is 0 Å². The van der Waals surface area contributed by atoms with Crippen LogP contribution in [0.1, 0.15) is 33.6 Å². The van der Waals surface area contributed by atoms with Gasteiger partial charge in [-0.05, 0) is 38.2 Å². The zero-order valence-electron chi connectivity index (χ0n) is 7.65. The van der Waals surface area contributed by atoms with Crippen LogP contribution in [0.25, 0.3) is 0 Å². The summed E-state index contributed by atoms with van der Waals surface area (Å²) in [5, 5.41) is 0. The van der Waals surface area contributed by atoms with Crippen LogP contribution in [0.3, 0.4) is 0 Å². The van der Waals surface area contributed by atoms with Crippen LogP contribution in [0, 0.1) is 5.92 Å². The molecule has 62 valence electrons. The van der Waals surface area contributed by atoms with Gasteiger partial charge in [0.1, 0.15) is 0 Å². The summed E-state index contributed by atoms with van der Waals surface area (Å²) < 4.78 is 0. The lowest BCUT2D eigenvalue weighted by Crippen LogP contribution is -2.04. The fourth-order valence-electron chi connectivity index (χ4n) is 1.40. The molecule has 0 fully saturated rings. The lowest BCUT2D eigenvalue weighted by atomic mass is 10.0. The van der Waals surface area contributed by atoms with Crippen molar-refractivity contribution in [3.8, 4) is 0 Å². The van der Waals surface area contributed by atoms with E-state index in [0.717, 1.165) is 12.1 Å². The van der Waals surface area contributed by atoms with E-state index in [9.17, 15) is 0 Å². The fraction of sp³-hybridized carbons (Fsp3) is 0.600. The second-order valence-corrected chi connectivity index (χ2v) is 3.58. The molecule has 2 N–H and O–H groups in total. The Bertz CT molecular complexity index is 211. The van der Waals surface area contributed by atoms with Crippen molar-refractivity contribution in [3.63, 3.8) is 0 Å². The molecule has 0 spiro atoms. The first-order chi connectivity index (χ1) is 5.11. The number of hydrogen-bond donors (Lipinski definition) is 1. The Labute approximate surface area is 69.0 Å². The van der Waals surface area contributed by atoms with Crippen molar-refractivity contribution in [1.82, 2.24) is 0 Å². The molecule has 1 rings (SSSR count). The summed E-state index contributed by atoms with van der Waals surface area (Å²) in [6.07, 6.45) is 4.52. The molecular formula is C10H17N. The summed E-state index contributed by atoms with van der Waals surface area (Å²) in [5.74, 6) is 0.711. The fourth-order valence-corrected chi connectivity index (χ4v) is 1.40. The molecule has 0 aromatic heterocycles. The average Bonchev–Trinajstić information content (AvgIpc) is 2.05. The molecule has 0 saturated carbocycles. The second kappa shape index (κ2) is 3.12. The molecule has 0 bridgehead atoms. The molecule has 1 heteroatoms. The minimum absolute atomic E-state index is 0.711. The number of allylic oxidation sites excluding steroid dienone is 4. The zero-order valence-corrected chi connectivity index (χ0v) is 7.65. The summed E-state index contributed by atoms with van der Waals surface area (Å²) in [7, 11) is 0. The van der Waals surface area contributed by atoms with E-state index in [1.807, 2.05) is 0 Å². The zero-order chi connectivity index (χ0) is 8.43. The van der Waals surface area contributed by atoms with Gasteiger partial charge in [-0.15, -0.1) is 0 Å². The Morgan fingerprint density at radius 3 is 2.73 bits per heavy atom. The van der Waals surface area contributed by atoms with Crippen LogP contribution in [0.5, 0.6) is 0 Å². The van der Waals surface area contributed by atoms with Gasteiger partial charge >= 0.3 is 0 Å².